The van der Waals surface area contributed by atoms with Gasteiger partial charge in [0.25, 0.3) is 0 Å². The molecule has 0 fully saturated rings. The van der Waals surface area contributed by atoms with Crippen LogP contribution in [-0.2, 0) is 10.0 Å². The van der Waals surface area contributed by atoms with Crippen LogP contribution in [0.3, 0.4) is 0 Å². The molecular weight excluding hydrogens is 240 g/mol. The first-order valence-corrected chi connectivity index (χ1v) is 6.76. The fraction of sp³-hybridized carbons (Fsp3) is 0.455. The predicted molar refractivity (Wildman–Crippen MR) is 67.2 cm³/mol. The van der Waals surface area contributed by atoms with E-state index in [2.05, 4.69) is 4.72 Å². The maximum atomic E-state index is 12.1. The molecule has 4 N–H and O–H groups in total. The standard InChI is InChI=1S/C11H18N2O3S/c1-7-4-5-8(2)11(10(7)12)17(15,16)13-9(3)6-14/h4-5,9,13-14H,6,12H2,1-3H3/t9-/m0/s1. The van der Waals surface area contributed by atoms with E-state index in [9.17, 15) is 8.42 Å². The third-order valence-electron chi connectivity index (χ3n) is 2.51. The van der Waals surface area contributed by atoms with Crippen LogP contribution in [0.1, 0.15) is 18.1 Å². The van der Waals surface area contributed by atoms with Crippen molar-refractivity contribution >= 4 is 15.7 Å². The van der Waals surface area contributed by atoms with Gasteiger partial charge in [-0.05, 0) is 31.9 Å². The highest BCUT2D eigenvalue weighted by atomic mass is 32.2. The van der Waals surface area contributed by atoms with E-state index < -0.39 is 16.1 Å². The molecule has 96 valence electrons. The quantitative estimate of drug-likeness (QED) is 0.687. The van der Waals surface area contributed by atoms with Gasteiger partial charge in [-0.3, -0.25) is 0 Å². The number of hydrogen-bond acceptors (Lipinski definition) is 4. The van der Waals surface area contributed by atoms with E-state index in [0.29, 0.717) is 11.1 Å². The number of sulfonamides is 1. The fourth-order valence-corrected chi connectivity index (χ4v) is 3.19. The van der Waals surface area contributed by atoms with Crippen molar-refractivity contribution in [3.8, 4) is 0 Å². The molecule has 0 amide bonds. The summed E-state index contributed by atoms with van der Waals surface area (Å²) in [4.78, 5) is 0.0952. The van der Waals surface area contributed by atoms with Crippen LogP contribution in [0.15, 0.2) is 17.0 Å². The van der Waals surface area contributed by atoms with E-state index in [0.717, 1.165) is 0 Å². The van der Waals surface area contributed by atoms with E-state index in [1.807, 2.05) is 0 Å². The van der Waals surface area contributed by atoms with Crippen LogP contribution >= 0.6 is 0 Å². The number of aliphatic hydroxyl groups excluding tert-OH is 1. The van der Waals surface area contributed by atoms with E-state index >= 15 is 0 Å². The predicted octanol–water partition coefficient (Wildman–Crippen LogP) is 0.545. The molecule has 6 heteroatoms. The van der Waals surface area contributed by atoms with Crippen molar-refractivity contribution in [2.75, 3.05) is 12.3 Å². The molecule has 0 saturated heterocycles. The molecule has 0 aromatic heterocycles. The lowest BCUT2D eigenvalue weighted by Crippen LogP contribution is -2.35. The maximum absolute atomic E-state index is 12.1. The fourth-order valence-electron chi connectivity index (χ4n) is 1.52. The van der Waals surface area contributed by atoms with Gasteiger partial charge in [0.2, 0.25) is 10.0 Å². The summed E-state index contributed by atoms with van der Waals surface area (Å²) in [6, 6.07) is 2.95. The number of nitrogens with one attached hydrogen (secondary N) is 1. The van der Waals surface area contributed by atoms with Crippen LogP contribution in [0.5, 0.6) is 0 Å². The van der Waals surface area contributed by atoms with Crippen molar-refractivity contribution in [3.05, 3.63) is 23.3 Å². The highest BCUT2D eigenvalue weighted by molar-refractivity contribution is 7.89. The number of nitrogen functional groups attached to an aromatic ring is 1. The average molecular weight is 258 g/mol. The first kappa shape index (κ1) is 14.0. The van der Waals surface area contributed by atoms with E-state index in [-0.39, 0.29) is 17.2 Å². The number of anilines is 1. The summed E-state index contributed by atoms with van der Waals surface area (Å²) in [6.07, 6.45) is 0. The first-order valence-electron chi connectivity index (χ1n) is 5.28. The summed E-state index contributed by atoms with van der Waals surface area (Å²) in [5.41, 5.74) is 7.36. The smallest absolute Gasteiger partial charge is 0.243 e. The minimum absolute atomic E-state index is 0.0952. The molecule has 0 heterocycles. The number of aryl methyl sites for hydroxylation is 2. The molecule has 0 unspecified atom stereocenters. The van der Waals surface area contributed by atoms with E-state index in [4.69, 9.17) is 10.8 Å². The van der Waals surface area contributed by atoms with Crippen molar-refractivity contribution in [2.45, 2.75) is 31.7 Å². The van der Waals surface area contributed by atoms with E-state index in [1.165, 1.54) is 0 Å². The lowest BCUT2D eigenvalue weighted by atomic mass is 10.1. The summed E-state index contributed by atoms with van der Waals surface area (Å²) >= 11 is 0. The molecule has 0 bridgehead atoms. The second kappa shape index (κ2) is 5.03. The van der Waals surface area contributed by atoms with Gasteiger partial charge in [-0.15, -0.1) is 0 Å². The highest BCUT2D eigenvalue weighted by Crippen LogP contribution is 2.25. The van der Waals surface area contributed by atoms with Gasteiger partial charge in [-0.25, -0.2) is 13.1 Å². The molecule has 1 aromatic rings. The summed E-state index contributed by atoms with van der Waals surface area (Å²) in [5.74, 6) is 0. The van der Waals surface area contributed by atoms with Crippen LogP contribution in [0.2, 0.25) is 0 Å². The van der Waals surface area contributed by atoms with Gasteiger partial charge >= 0.3 is 0 Å². The molecule has 0 aliphatic rings. The lowest BCUT2D eigenvalue weighted by molar-refractivity contribution is 0.265. The topological polar surface area (TPSA) is 92.4 Å². The zero-order valence-corrected chi connectivity index (χ0v) is 11.0. The largest absolute Gasteiger partial charge is 0.397 e. The molecular formula is C11H18N2O3S. The van der Waals surface area contributed by atoms with Gasteiger partial charge in [0.1, 0.15) is 4.90 Å². The summed E-state index contributed by atoms with van der Waals surface area (Å²) < 4.78 is 26.6. The molecule has 5 nitrogen and oxygen atoms in total. The highest BCUT2D eigenvalue weighted by Gasteiger charge is 2.22. The van der Waals surface area contributed by atoms with Crippen LogP contribution < -0.4 is 10.5 Å². The maximum Gasteiger partial charge on any atom is 0.243 e. The van der Waals surface area contributed by atoms with Crippen LogP contribution in [0.4, 0.5) is 5.69 Å². The molecule has 1 aromatic carbocycles. The van der Waals surface area contributed by atoms with Gasteiger partial charge in [0, 0.05) is 6.04 Å². The van der Waals surface area contributed by atoms with Crippen LogP contribution in [0, 0.1) is 13.8 Å². The van der Waals surface area contributed by atoms with Gasteiger partial charge < -0.3 is 10.8 Å². The third-order valence-corrected chi connectivity index (χ3v) is 4.30. The van der Waals surface area contributed by atoms with Gasteiger partial charge in [0.15, 0.2) is 0 Å². The summed E-state index contributed by atoms with van der Waals surface area (Å²) in [6.45, 7) is 4.76. The zero-order chi connectivity index (χ0) is 13.2. The van der Waals surface area contributed by atoms with Crippen molar-refractivity contribution in [2.24, 2.45) is 0 Å². The molecule has 0 spiro atoms. The van der Waals surface area contributed by atoms with Crippen molar-refractivity contribution in [1.82, 2.24) is 4.72 Å². The van der Waals surface area contributed by atoms with Crippen molar-refractivity contribution < 1.29 is 13.5 Å². The van der Waals surface area contributed by atoms with E-state index in [1.54, 1.807) is 32.9 Å². The Hall–Kier alpha value is -1.11. The average Bonchev–Trinajstić information content (AvgIpc) is 2.23. The summed E-state index contributed by atoms with van der Waals surface area (Å²) in [7, 11) is -3.69. The SMILES string of the molecule is Cc1ccc(C)c(S(=O)(=O)N[C@@H](C)CO)c1N. The molecule has 1 atom stereocenters. The lowest BCUT2D eigenvalue weighted by Gasteiger charge is -2.16. The number of rotatable bonds is 4. The van der Waals surface area contributed by atoms with Gasteiger partial charge in [-0.2, -0.15) is 0 Å². The zero-order valence-electron chi connectivity index (χ0n) is 10.2. The number of hydrogen-bond donors (Lipinski definition) is 3. The molecule has 0 aliphatic heterocycles. The van der Waals surface area contributed by atoms with Crippen LogP contribution in [0.25, 0.3) is 0 Å². The molecule has 17 heavy (non-hydrogen) atoms. The number of aliphatic hydroxyl groups is 1. The first-order chi connectivity index (χ1) is 7.79. The molecule has 1 rings (SSSR count). The van der Waals surface area contributed by atoms with Gasteiger partial charge in [-0.1, -0.05) is 12.1 Å². The normalized spacial score (nSPS) is 13.6. The molecule has 0 radical (unpaired) electrons. The number of benzene rings is 1. The Balaban J connectivity index is 3.29. The minimum atomic E-state index is -3.69. The van der Waals surface area contributed by atoms with Crippen molar-refractivity contribution in [1.29, 1.82) is 0 Å². The number of nitrogens with two attached hydrogens (primary N) is 1. The Kier molecular flexibility index (Phi) is 4.13. The second-order valence-electron chi connectivity index (χ2n) is 4.15. The minimum Gasteiger partial charge on any atom is -0.397 e. The Labute approximate surface area is 102 Å². The van der Waals surface area contributed by atoms with Gasteiger partial charge in [0.05, 0.1) is 12.3 Å². The third kappa shape index (κ3) is 2.96. The Morgan fingerprint density at radius 1 is 1.35 bits per heavy atom. The molecule has 0 aliphatic carbocycles. The monoisotopic (exact) mass is 258 g/mol. The Bertz CT molecular complexity index is 512. The second-order valence-corrected chi connectivity index (χ2v) is 5.80. The summed E-state index contributed by atoms with van der Waals surface area (Å²) in [5, 5.41) is 8.88. The Morgan fingerprint density at radius 2 is 1.88 bits per heavy atom. The van der Waals surface area contributed by atoms with Crippen LogP contribution in [-0.4, -0.2) is 26.2 Å². The molecule has 0 saturated carbocycles. The van der Waals surface area contributed by atoms with Crippen molar-refractivity contribution in [3.63, 3.8) is 0 Å². The Morgan fingerprint density at radius 3 is 2.41 bits per heavy atom.